The van der Waals surface area contributed by atoms with E-state index < -0.39 is 0 Å². The highest BCUT2D eigenvalue weighted by Crippen LogP contribution is 2.27. The third kappa shape index (κ3) is 3.61. The Morgan fingerprint density at radius 1 is 1.28 bits per heavy atom. The highest BCUT2D eigenvalue weighted by molar-refractivity contribution is 5.56. The molecule has 0 aliphatic rings. The molecule has 1 unspecified atom stereocenters. The molecule has 0 bridgehead atoms. The Bertz CT molecular complexity index is 371. The van der Waals surface area contributed by atoms with E-state index in [0.29, 0.717) is 12.1 Å². The Kier molecular flexibility index (Phi) is 5.93. The Morgan fingerprint density at radius 3 is 2.50 bits per heavy atom. The number of nitrogens with zero attached hydrogens (tertiary/aromatic N) is 1. The second-order valence-electron chi connectivity index (χ2n) is 4.87. The van der Waals surface area contributed by atoms with Crippen molar-refractivity contribution in [2.75, 3.05) is 18.0 Å². The van der Waals surface area contributed by atoms with Gasteiger partial charge in [0.1, 0.15) is 0 Å². The number of benzene rings is 1. The van der Waals surface area contributed by atoms with Gasteiger partial charge in [0.2, 0.25) is 0 Å². The minimum absolute atomic E-state index is 0.372. The summed E-state index contributed by atoms with van der Waals surface area (Å²) in [5.74, 6) is 0. The van der Waals surface area contributed by atoms with Gasteiger partial charge in [-0.25, -0.2) is 0 Å². The van der Waals surface area contributed by atoms with Crippen molar-refractivity contribution >= 4 is 5.69 Å². The molecule has 0 heterocycles. The summed E-state index contributed by atoms with van der Waals surface area (Å²) < 4.78 is 0. The van der Waals surface area contributed by atoms with Gasteiger partial charge in [-0.15, -0.1) is 6.58 Å². The Labute approximate surface area is 112 Å². The summed E-state index contributed by atoms with van der Waals surface area (Å²) in [7, 11) is 0. The first-order chi connectivity index (χ1) is 8.61. The molecule has 0 aromatic heterocycles. The van der Waals surface area contributed by atoms with E-state index in [4.69, 9.17) is 0 Å². The average Bonchev–Trinajstić information content (AvgIpc) is 2.36. The van der Waals surface area contributed by atoms with Crippen LogP contribution in [0.3, 0.4) is 0 Å². The topological polar surface area (TPSA) is 15.3 Å². The largest absolute Gasteiger partial charge is 0.365 e. The second kappa shape index (κ2) is 7.22. The van der Waals surface area contributed by atoms with Crippen molar-refractivity contribution in [3.63, 3.8) is 0 Å². The number of rotatable bonds is 7. The molecule has 1 atom stereocenters. The van der Waals surface area contributed by atoms with Gasteiger partial charge < -0.3 is 10.2 Å². The fourth-order valence-corrected chi connectivity index (χ4v) is 2.26. The molecule has 2 nitrogen and oxygen atoms in total. The van der Waals surface area contributed by atoms with Crippen LogP contribution in [-0.4, -0.2) is 19.1 Å². The van der Waals surface area contributed by atoms with Gasteiger partial charge in [-0.2, -0.15) is 0 Å². The molecule has 0 amide bonds. The van der Waals surface area contributed by atoms with Gasteiger partial charge >= 0.3 is 0 Å². The molecule has 18 heavy (non-hydrogen) atoms. The van der Waals surface area contributed by atoms with Crippen LogP contribution in [0.25, 0.3) is 0 Å². The molecule has 100 valence electrons. The lowest BCUT2D eigenvalue weighted by molar-refractivity contribution is 0.593. The van der Waals surface area contributed by atoms with Gasteiger partial charge in [-0.05, 0) is 38.9 Å². The van der Waals surface area contributed by atoms with Crippen molar-refractivity contribution in [3.8, 4) is 0 Å². The number of para-hydroxylation sites is 1. The van der Waals surface area contributed by atoms with Crippen molar-refractivity contribution in [2.24, 2.45) is 0 Å². The zero-order valence-electron chi connectivity index (χ0n) is 12.1. The van der Waals surface area contributed by atoms with Crippen LogP contribution in [0.15, 0.2) is 36.9 Å². The van der Waals surface area contributed by atoms with E-state index in [1.165, 1.54) is 11.3 Å². The number of hydrogen-bond acceptors (Lipinski definition) is 2. The quantitative estimate of drug-likeness (QED) is 0.737. The Hall–Kier alpha value is -1.28. The predicted octanol–water partition coefficient (Wildman–Crippen LogP) is 3.76. The first kappa shape index (κ1) is 14.8. The summed E-state index contributed by atoms with van der Waals surface area (Å²) in [6, 6.07) is 9.47. The van der Waals surface area contributed by atoms with Crippen LogP contribution in [-0.2, 0) is 0 Å². The van der Waals surface area contributed by atoms with Gasteiger partial charge in [0, 0.05) is 24.3 Å². The van der Waals surface area contributed by atoms with E-state index in [9.17, 15) is 0 Å². The lowest BCUT2D eigenvalue weighted by atomic mass is 10.0. The van der Waals surface area contributed by atoms with Gasteiger partial charge in [0.15, 0.2) is 0 Å². The van der Waals surface area contributed by atoms with Gasteiger partial charge in [0.05, 0.1) is 0 Å². The molecule has 0 saturated carbocycles. The molecule has 1 rings (SSSR count). The van der Waals surface area contributed by atoms with E-state index >= 15 is 0 Å². The third-order valence-corrected chi connectivity index (χ3v) is 3.17. The molecule has 0 aliphatic carbocycles. The third-order valence-electron chi connectivity index (χ3n) is 3.17. The fourth-order valence-electron chi connectivity index (χ4n) is 2.26. The molecule has 2 heteroatoms. The molecule has 0 saturated heterocycles. The number of hydrogen-bond donors (Lipinski definition) is 1. The van der Waals surface area contributed by atoms with Crippen LogP contribution >= 0.6 is 0 Å². The summed E-state index contributed by atoms with van der Waals surface area (Å²) in [6.07, 6.45) is 1.97. The second-order valence-corrected chi connectivity index (χ2v) is 4.87. The maximum Gasteiger partial charge on any atom is 0.0419 e. The Morgan fingerprint density at radius 2 is 1.94 bits per heavy atom. The summed E-state index contributed by atoms with van der Waals surface area (Å²) >= 11 is 0. The minimum atomic E-state index is 0.372. The molecule has 0 aliphatic heterocycles. The van der Waals surface area contributed by atoms with E-state index in [1.54, 1.807) is 0 Å². The zero-order valence-corrected chi connectivity index (χ0v) is 12.1. The number of anilines is 1. The first-order valence-corrected chi connectivity index (χ1v) is 6.81. The first-order valence-electron chi connectivity index (χ1n) is 6.81. The maximum atomic E-state index is 3.86. The van der Waals surface area contributed by atoms with Gasteiger partial charge in [-0.1, -0.05) is 31.2 Å². The molecular weight excluding hydrogens is 220 g/mol. The highest BCUT2D eigenvalue weighted by Gasteiger charge is 2.15. The smallest absolute Gasteiger partial charge is 0.0419 e. The molecular formula is C16H26N2. The summed E-state index contributed by atoms with van der Waals surface area (Å²) in [5.41, 5.74) is 2.66. The van der Waals surface area contributed by atoms with E-state index in [-0.39, 0.29) is 0 Å². The van der Waals surface area contributed by atoms with Gasteiger partial charge in [-0.3, -0.25) is 0 Å². The molecule has 0 spiro atoms. The Balaban J connectivity index is 3.09. The minimum Gasteiger partial charge on any atom is -0.365 e. The van der Waals surface area contributed by atoms with Crippen LogP contribution in [0.2, 0.25) is 0 Å². The average molecular weight is 246 g/mol. The van der Waals surface area contributed by atoms with E-state index in [1.807, 2.05) is 6.08 Å². The van der Waals surface area contributed by atoms with Crippen LogP contribution in [0.5, 0.6) is 0 Å². The molecule has 1 aromatic carbocycles. The molecule has 0 fully saturated rings. The van der Waals surface area contributed by atoms with Crippen molar-refractivity contribution in [2.45, 2.75) is 39.8 Å². The maximum absolute atomic E-state index is 3.86. The lowest BCUT2D eigenvalue weighted by Crippen LogP contribution is -2.32. The summed E-state index contributed by atoms with van der Waals surface area (Å²) in [5, 5.41) is 3.49. The fraction of sp³-hybridized carbons (Fsp3) is 0.500. The van der Waals surface area contributed by atoms with Crippen molar-refractivity contribution in [3.05, 3.63) is 42.5 Å². The van der Waals surface area contributed by atoms with Crippen molar-refractivity contribution in [1.29, 1.82) is 0 Å². The molecule has 1 N–H and O–H groups in total. The monoisotopic (exact) mass is 246 g/mol. The summed E-state index contributed by atoms with van der Waals surface area (Å²) in [4.78, 5) is 2.39. The lowest BCUT2D eigenvalue weighted by Gasteiger charge is -2.31. The standard InChI is InChI=1S/C16H26N2/c1-6-12-18(13(3)4)16-11-9-8-10-15(16)14(5)17-7-2/h6,8-11,13-14,17H,1,7,12H2,2-5H3. The van der Waals surface area contributed by atoms with Crippen LogP contribution in [0, 0.1) is 0 Å². The van der Waals surface area contributed by atoms with E-state index in [0.717, 1.165) is 13.1 Å². The normalized spacial score (nSPS) is 12.5. The predicted molar refractivity (Wildman–Crippen MR) is 81.2 cm³/mol. The van der Waals surface area contributed by atoms with Crippen molar-refractivity contribution in [1.82, 2.24) is 5.32 Å². The van der Waals surface area contributed by atoms with Crippen molar-refractivity contribution < 1.29 is 0 Å². The van der Waals surface area contributed by atoms with Crippen LogP contribution in [0.4, 0.5) is 5.69 Å². The van der Waals surface area contributed by atoms with Gasteiger partial charge in [0.25, 0.3) is 0 Å². The highest BCUT2D eigenvalue weighted by atomic mass is 15.2. The molecule has 0 radical (unpaired) electrons. The summed E-state index contributed by atoms with van der Waals surface area (Å²) in [6.45, 7) is 14.5. The molecule has 1 aromatic rings. The zero-order chi connectivity index (χ0) is 13.5. The van der Waals surface area contributed by atoms with Crippen LogP contribution < -0.4 is 10.2 Å². The van der Waals surface area contributed by atoms with Crippen LogP contribution in [0.1, 0.15) is 39.3 Å². The number of nitrogens with one attached hydrogen (secondary N) is 1. The van der Waals surface area contributed by atoms with E-state index in [2.05, 4.69) is 68.8 Å². The SMILES string of the molecule is C=CCN(c1ccccc1C(C)NCC)C(C)C.